The minimum atomic E-state index is -0.252. The second-order valence-electron chi connectivity index (χ2n) is 7.46. The molecule has 4 rings (SSSR count). The molecule has 0 bridgehead atoms. The van der Waals surface area contributed by atoms with Crippen molar-refractivity contribution in [3.05, 3.63) is 110 Å². The quantitative estimate of drug-likeness (QED) is 0.296. The Balaban J connectivity index is 1.41. The van der Waals surface area contributed by atoms with Gasteiger partial charge in [-0.25, -0.2) is 0 Å². The summed E-state index contributed by atoms with van der Waals surface area (Å²) in [4.78, 5) is 12.8. The van der Waals surface area contributed by atoms with Gasteiger partial charge in [0, 0.05) is 32.4 Å². The molecule has 168 valence electrons. The number of benzene rings is 3. The van der Waals surface area contributed by atoms with E-state index in [1.807, 2.05) is 31.2 Å². The van der Waals surface area contributed by atoms with Gasteiger partial charge in [0.25, 0.3) is 5.91 Å². The van der Waals surface area contributed by atoms with E-state index in [2.05, 4.69) is 10.4 Å². The first-order valence-corrected chi connectivity index (χ1v) is 11.3. The number of aryl methyl sites for hydroxylation is 1. The lowest BCUT2D eigenvalue weighted by molar-refractivity contribution is 0.102. The lowest BCUT2D eigenvalue weighted by Crippen LogP contribution is -2.13. The maximum Gasteiger partial charge on any atom is 0.256 e. The Morgan fingerprint density at radius 3 is 2.48 bits per heavy atom. The number of anilines is 1. The summed E-state index contributed by atoms with van der Waals surface area (Å²) in [6.45, 7) is 2.72. The zero-order valence-electron chi connectivity index (χ0n) is 17.7. The molecule has 0 spiro atoms. The van der Waals surface area contributed by atoms with Crippen molar-refractivity contribution in [2.45, 2.75) is 20.1 Å². The molecule has 0 saturated heterocycles. The maximum atomic E-state index is 12.8. The summed E-state index contributed by atoms with van der Waals surface area (Å²) in [7, 11) is 0. The third kappa shape index (κ3) is 6.08. The fourth-order valence-corrected chi connectivity index (χ4v) is 3.83. The molecular weight excluding hydrogens is 481 g/mol. The summed E-state index contributed by atoms with van der Waals surface area (Å²) in [5.41, 5.74) is 3.16. The maximum absolute atomic E-state index is 12.8. The van der Waals surface area contributed by atoms with E-state index in [1.165, 1.54) is 0 Å². The Kier molecular flexibility index (Phi) is 7.23. The van der Waals surface area contributed by atoms with Crippen LogP contribution in [-0.2, 0) is 13.2 Å². The van der Waals surface area contributed by atoms with Gasteiger partial charge in [-0.1, -0.05) is 53.0 Å². The summed E-state index contributed by atoms with van der Waals surface area (Å²) in [6, 6.07) is 21.6. The molecule has 0 aliphatic carbocycles. The Labute approximate surface area is 206 Å². The molecule has 0 aliphatic rings. The van der Waals surface area contributed by atoms with Crippen molar-refractivity contribution in [1.29, 1.82) is 0 Å². The number of carbonyl (C=O) groups excluding carboxylic acids is 1. The van der Waals surface area contributed by atoms with Gasteiger partial charge < -0.3 is 10.1 Å². The summed E-state index contributed by atoms with van der Waals surface area (Å²) < 4.78 is 7.55. The van der Waals surface area contributed by atoms with E-state index in [1.54, 1.807) is 53.2 Å². The van der Waals surface area contributed by atoms with E-state index < -0.39 is 0 Å². The van der Waals surface area contributed by atoms with E-state index in [-0.39, 0.29) is 5.91 Å². The number of rotatable bonds is 7. The molecule has 1 heterocycles. The fourth-order valence-electron chi connectivity index (χ4n) is 3.23. The highest BCUT2D eigenvalue weighted by Gasteiger charge is 2.12. The van der Waals surface area contributed by atoms with Crippen LogP contribution in [0.25, 0.3) is 0 Å². The third-order valence-corrected chi connectivity index (χ3v) is 5.81. The molecule has 0 fully saturated rings. The molecule has 1 aromatic heterocycles. The van der Waals surface area contributed by atoms with E-state index in [0.29, 0.717) is 45.4 Å². The third-order valence-electron chi connectivity index (χ3n) is 4.97. The Morgan fingerprint density at radius 1 is 0.970 bits per heavy atom. The molecule has 0 saturated carbocycles. The molecule has 0 atom stereocenters. The van der Waals surface area contributed by atoms with Crippen LogP contribution in [0, 0.1) is 6.92 Å². The predicted molar refractivity (Wildman–Crippen MR) is 133 cm³/mol. The average Bonchev–Trinajstić information content (AvgIpc) is 3.14. The number of amides is 1. The van der Waals surface area contributed by atoms with Crippen LogP contribution in [0.5, 0.6) is 5.75 Å². The zero-order chi connectivity index (χ0) is 23.4. The summed E-state index contributed by atoms with van der Waals surface area (Å²) in [6.07, 6.45) is 0. The molecule has 0 radical (unpaired) electrons. The molecule has 1 N–H and O–H groups in total. The molecule has 1 amide bonds. The number of nitrogens with zero attached hydrogens (tertiary/aromatic N) is 2. The molecule has 0 aliphatic heterocycles. The lowest BCUT2D eigenvalue weighted by atomic mass is 10.1. The highest BCUT2D eigenvalue weighted by molar-refractivity contribution is 6.35. The smallest absolute Gasteiger partial charge is 0.256 e. The van der Waals surface area contributed by atoms with E-state index in [0.717, 1.165) is 16.8 Å². The number of halogens is 3. The Morgan fingerprint density at radius 2 is 1.73 bits per heavy atom. The van der Waals surface area contributed by atoms with Crippen molar-refractivity contribution in [3.63, 3.8) is 0 Å². The normalized spacial score (nSPS) is 10.8. The van der Waals surface area contributed by atoms with Crippen molar-refractivity contribution in [1.82, 2.24) is 9.78 Å². The molecule has 33 heavy (non-hydrogen) atoms. The van der Waals surface area contributed by atoms with Crippen LogP contribution in [-0.4, -0.2) is 15.7 Å². The van der Waals surface area contributed by atoms with Gasteiger partial charge in [0.2, 0.25) is 0 Å². The van der Waals surface area contributed by atoms with E-state index in [4.69, 9.17) is 39.5 Å². The van der Waals surface area contributed by atoms with Crippen molar-refractivity contribution >= 4 is 46.5 Å². The minimum Gasteiger partial charge on any atom is -0.489 e. The summed E-state index contributed by atoms with van der Waals surface area (Å²) in [5.74, 6) is 0.916. The minimum absolute atomic E-state index is 0.252. The first-order chi connectivity index (χ1) is 15.9. The first kappa shape index (κ1) is 23.2. The van der Waals surface area contributed by atoms with Gasteiger partial charge in [0.15, 0.2) is 5.82 Å². The van der Waals surface area contributed by atoms with Crippen LogP contribution in [0.15, 0.2) is 72.8 Å². The number of hydrogen-bond acceptors (Lipinski definition) is 3. The number of nitrogens with one attached hydrogen (secondary N) is 1. The van der Waals surface area contributed by atoms with Gasteiger partial charge in [0.05, 0.1) is 6.54 Å². The van der Waals surface area contributed by atoms with Crippen molar-refractivity contribution in [2.75, 3.05) is 5.32 Å². The monoisotopic (exact) mass is 499 g/mol. The highest BCUT2D eigenvalue weighted by atomic mass is 35.5. The van der Waals surface area contributed by atoms with Crippen LogP contribution in [0.3, 0.4) is 0 Å². The van der Waals surface area contributed by atoms with Crippen LogP contribution in [0.1, 0.15) is 27.2 Å². The molecule has 4 aromatic rings. The van der Waals surface area contributed by atoms with Crippen molar-refractivity contribution in [3.8, 4) is 5.75 Å². The topological polar surface area (TPSA) is 56.1 Å². The molecule has 8 heteroatoms. The first-order valence-electron chi connectivity index (χ1n) is 10.1. The highest BCUT2D eigenvalue weighted by Crippen LogP contribution is 2.23. The fraction of sp³-hybridized carbons (Fsp3) is 0.120. The second kappa shape index (κ2) is 10.3. The number of ether oxygens (including phenoxy) is 1. The van der Waals surface area contributed by atoms with Crippen LogP contribution >= 0.6 is 34.8 Å². The predicted octanol–water partition coefficient (Wildman–Crippen LogP) is 7.03. The van der Waals surface area contributed by atoms with Crippen molar-refractivity contribution < 1.29 is 9.53 Å². The van der Waals surface area contributed by atoms with Crippen LogP contribution in [0.4, 0.5) is 5.82 Å². The SMILES string of the molecule is Cc1cc(NC(=O)c2cccc(COc3ccc(Cl)cc3)c2)nn1Cc1ccc(Cl)cc1Cl. The molecule has 0 unspecified atom stereocenters. The van der Waals surface area contributed by atoms with Gasteiger partial charge in [0.1, 0.15) is 12.4 Å². The van der Waals surface area contributed by atoms with E-state index >= 15 is 0 Å². The van der Waals surface area contributed by atoms with Gasteiger partial charge in [-0.05, 0) is 66.6 Å². The zero-order valence-corrected chi connectivity index (χ0v) is 20.0. The molecule has 3 aromatic carbocycles. The summed E-state index contributed by atoms with van der Waals surface area (Å²) in [5, 5.41) is 9.15. The average molecular weight is 501 g/mol. The van der Waals surface area contributed by atoms with Gasteiger partial charge >= 0.3 is 0 Å². The van der Waals surface area contributed by atoms with Gasteiger partial charge in [-0.15, -0.1) is 0 Å². The lowest BCUT2D eigenvalue weighted by Gasteiger charge is -2.08. The number of carbonyl (C=O) groups is 1. The summed E-state index contributed by atoms with van der Waals surface area (Å²) >= 11 is 18.1. The number of hydrogen-bond donors (Lipinski definition) is 1. The molecule has 5 nitrogen and oxygen atoms in total. The van der Waals surface area contributed by atoms with Gasteiger partial charge in [-0.2, -0.15) is 5.10 Å². The Bertz CT molecular complexity index is 1290. The Hall–Kier alpha value is -2.99. The standard InChI is InChI=1S/C25H20Cl3N3O2/c1-16-11-24(30-31(16)14-19-5-6-21(27)13-23(19)28)29-25(32)18-4-2-3-17(12-18)15-33-22-9-7-20(26)8-10-22/h2-13H,14-15H2,1H3,(H,29,30,32). The van der Waals surface area contributed by atoms with Crippen LogP contribution in [0.2, 0.25) is 15.1 Å². The molecular formula is C25H20Cl3N3O2. The second-order valence-corrected chi connectivity index (χ2v) is 8.74. The van der Waals surface area contributed by atoms with Crippen molar-refractivity contribution in [2.24, 2.45) is 0 Å². The number of aromatic nitrogens is 2. The van der Waals surface area contributed by atoms with Gasteiger partial charge in [-0.3, -0.25) is 9.48 Å². The van der Waals surface area contributed by atoms with E-state index in [9.17, 15) is 4.79 Å². The van der Waals surface area contributed by atoms with Crippen LogP contribution < -0.4 is 10.1 Å². The largest absolute Gasteiger partial charge is 0.489 e.